The van der Waals surface area contributed by atoms with Crippen LogP contribution in [-0.4, -0.2) is 11.4 Å². The Hall–Kier alpha value is -0.530. The highest BCUT2D eigenvalue weighted by molar-refractivity contribution is 6.21. The molecule has 0 aliphatic heterocycles. The van der Waals surface area contributed by atoms with E-state index in [1.807, 2.05) is 0 Å². The van der Waals surface area contributed by atoms with Crippen molar-refractivity contribution in [1.29, 1.82) is 0 Å². The third-order valence-electron chi connectivity index (χ3n) is 3.50. The van der Waals surface area contributed by atoms with Gasteiger partial charge in [0.2, 0.25) is 0 Å². The predicted octanol–water partition coefficient (Wildman–Crippen LogP) is 3.84. The maximum Gasteiger partial charge on any atom is 0.0365 e. The molecule has 2 heteroatoms. The number of alkyl halides is 1. The molecule has 0 radical (unpaired) electrons. The maximum absolute atomic E-state index is 5.96. The first kappa shape index (κ1) is 12.9. The van der Waals surface area contributed by atoms with Gasteiger partial charge in [-0.05, 0) is 29.4 Å². The molecule has 0 amide bonds. The van der Waals surface area contributed by atoms with Crippen molar-refractivity contribution < 1.29 is 0 Å². The molecule has 2 rings (SSSR count). The summed E-state index contributed by atoms with van der Waals surface area (Å²) in [6.07, 6.45) is 2.23. The Morgan fingerprint density at radius 1 is 1.18 bits per heavy atom. The van der Waals surface area contributed by atoms with E-state index in [0.29, 0.717) is 11.4 Å². The highest BCUT2D eigenvalue weighted by Gasteiger charge is 2.26. The van der Waals surface area contributed by atoms with Crippen molar-refractivity contribution in [2.24, 2.45) is 0 Å². The number of benzene rings is 1. The Labute approximate surface area is 110 Å². The molecule has 0 saturated heterocycles. The molecule has 1 nitrogen and oxygen atoms in total. The predicted molar refractivity (Wildman–Crippen MR) is 74.6 cm³/mol. The van der Waals surface area contributed by atoms with E-state index in [9.17, 15) is 0 Å². The van der Waals surface area contributed by atoms with Gasteiger partial charge in [-0.25, -0.2) is 0 Å². The number of hydrogen-bond acceptors (Lipinski definition) is 1. The maximum atomic E-state index is 5.96. The molecule has 1 saturated carbocycles. The first-order valence-corrected chi connectivity index (χ1v) is 6.85. The van der Waals surface area contributed by atoms with Crippen LogP contribution in [0.3, 0.4) is 0 Å². The molecule has 1 aliphatic rings. The Morgan fingerprint density at radius 2 is 1.76 bits per heavy atom. The Bertz CT molecular complexity index is 358. The summed E-state index contributed by atoms with van der Waals surface area (Å²) in [5.74, 6) is 0. The summed E-state index contributed by atoms with van der Waals surface area (Å²) in [6, 6.07) is 9.55. The third-order valence-corrected chi connectivity index (χ3v) is 3.85. The van der Waals surface area contributed by atoms with Gasteiger partial charge < -0.3 is 5.32 Å². The molecule has 0 aromatic heterocycles. The molecule has 1 fully saturated rings. The minimum atomic E-state index is 0.242. The lowest BCUT2D eigenvalue weighted by molar-refractivity contribution is 0.345. The first-order chi connectivity index (χ1) is 7.95. The topological polar surface area (TPSA) is 12.0 Å². The lowest BCUT2D eigenvalue weighted by Crippen LogP contribution is -2.41. The zero-order valence-electron chi connectivity index (χ0n) is 11.0. The number of halogens is 1. The second-order valence-corrected chi connectivity index (χ2v) is 6.71. The van der Waals surface area contributed by atoms with Gasteiger partial charge in [0.05, 0.1) is 0 Å². The van der Waals surface area contributed by atoms with E-state index in [0.717, 1.165) is 19.4 Å². The summed E-state index contributed by atoms with van der Waals surface area (Å²) in [5, 5.41) is 3.94. The quantitative estimate of drug-likeness (QED) is 0.805. The summed E-state index contributed by atoms with van der Waals surface area (Å²) in [4.78, 5) is 0. The van der Waals surface area contributed by atoms with Crippen molar-refractivity contribution in [1.82, 2.24) is 5.32 Å². The summed E-state index contributed by atoms with van der Waals surface area (Å²) in [5.41, 5.74) is 2.99. The van der Waals surface area contributed by atoms with Gasteiger partial charge in [0.1, 0.15) is 0 Å². The zero-order valence-corrected chi connectivity index (χ0v) is 11.7. The number of rotatable bonds is 3. The van der Waals surface area contributed by atoms with Crippen molar-refractivity contribution >= 4 is 11.6 Å². The van der Waals surface area contributed by atoms with Crippen LogP contribution in [0.15, 0.2) is 24.3 Å². The fourth-order valence-corrected chi connectivity index (χ4v) is 2.53. The zero-order chi connectivity index (χ0) is 12.5. The van der Waals surface area contributed by atoms with E-state index >= 15 is 0 Å². The molecule has 1 aromatic carbocycles. The normalized spacial score (nSPS) is 24.5. The third kappa shape index (κ3) is 3.46. The first-order valence-electron chi connectivity index (χ1n) is 6.42. The summed E-state index contributed by atoms with van der Waals surface area (Å²) in [7, 11) is 0. The van der Waals surface area contributed by atoms with Crippen molar-refractivity contribution in [3.8, 4) is 0 Å². The monoisotopic (exact) mass is 251 g/mol. The van der Waals surface area contributed by atoms with E-state index in [2.05, 4.69) is 50.4 Å². The van der Waals surface area contributed by atoms with Crippen molar-refractivity contribution in [2.75, 3.05) is 0 Å². The van der Waals surface area contributed by atoms with Gasteiger partial charge in [-0.2, -0.15) is 0 Å². The van der Waals surface area contributed by atoms with Gasteiger partial charge in [0.25, 0.3) is 0 Å². The van der Waals surface area contributed by atoms with E-state index in [4.69, 9.17) is 11.6 Å². The second-order valence-electron chi connectivity index (χ2n) is 6.09. The Morgan fingerprint density at radius 3 is 2.24 bits per heavy atom. The Kier molecular flexibility index (Phi) is 3.79. The molecule has 94 valence electrons. The molecule has 1 N–H and O–H groups in total. The molecule has 0 heterocycles. The number of hydrogen-bond donors (Lipinski definition) is 1. The van der Waals surface area contributed by atoms with Crippen LogP contribution in [-0.2, 0) is 12.0 Å². The summed E-state index contributed by atoms with van der Waals surface area (Å²) in [6.45, 7) is 7.69. The van der Waals surface area contributed by atoms with Gasteiger partial charge in [0, 0.05) is 18.0 Å². The minimum Gasteiger partial charge on any atom is -0.310 e. The van der Waals surface area contributed by atoms with E-state index in [1.54, 1.807) is 0 Å². The molecule has 0 unspecified atom stereocenters. The summed E-state index contributed by atoms with van der Waals surface area (Å²) < 4.78 is 0. The number of nitrogens with one attached hydrogen (secondary N) is 1. The SMILES string of the molecule is CC(C)(C)c1ccc(CNC2CC(Cl)C2)cc1. The van der Waals surface area contributed by atoms with E-state index in [1.165, 1.54) is 11.1 Å². The molecule has 0 atom stereocenters. The lowest BCUT2D eigenvalue weighted by Gasteiger charge is -2.31. The molecular weight excluding hydrogens is 230 g/mol. The second kappa shape index (κ2) is 4.99. The fourth-order valence-electron chi connectivity index (χ4n) is 2.10. The van der Waals surface area contributed by atoms with Crippen LogP contribution in [0.1, 0.15) is 44.7 Å². The smallest absolute Gasteiger partial charge is 0.0365 e. The van der Waals surface area contributed by atoms with Crippen molar-refractivity contribution in [3.05, 3.63) is 35.4 Å². The standard InChI is InChI=1S/C15H22ClN/c1-15(2,3)12-6-4-11(5-7-12)10-17-14-8-13(16)9-14/h4-7,13-14,17H,8-10H2,1-3H3. The fraction of sp³-hybridized carbons (Fsp3) is 0.600. The molecular formula is C15H22ClN. The molecule has 17 heavy (non-hydrogen) atoms. The van der Waals surface area contributed by atoms with Crippen LogP contribution < -0.4 is 5.32 Å². The average molecular weight is 252 g/mol. The van der Waals surface area contributed by atoms with Crippen LogP contribution in [0.5, 0.6) is 0 Å². The van der Waals surface area contributed by atoms with Crippen LogP contribution >= 0.6 is 11.6 Å². The van der Waals surface area contributed by atoms with Gasteiger partial charge in [-0.15, -0.1) is 11.6 Å². The molecule has 0 spiro atoms. The molecule has 1 aromatic rings. The summed E-state index contributed by atoms with van der Waals surface area (Å²) >= 11 is 5.96. The van der Waals surface area contributed by atoms with E-state index in [-0.39, 0.29) is 5.41 Å². The molecule has 0 bridgehead atoms. The lowest BCUT2D eigenvalue weighted by atomic mass is 9.86. The van der Waals surface area contributed by atoms with Gasteiger partial charge in [-0.1, -0.05) is 45.0 Å². The van der Waals surface area contributed by atoms with Gasteiger partial charge in [0.15, 0.2) is 0 Å². The van der Waals surface area contributed by atoms with Crippen molar-refractivity contribution in [3.63, 3.8) is 0 Å². The van der Waals surface area contributed by atoms with Crippen LogP contribution in [0.4, 0.5) is 0 Å². The van der Waals surface area contributed by atoms with Crippen LogP contribution in [0.2, 0.25) is 0 Å². The van der Waals surface area contributed by atoms with Crippen LogP contribution in [0, 0.1) is 0 Å². The highest BCUT2D eigenvalue weighted by Crippen LogP contribution is 2.26. The Balaban J connectivity index is 1.86. The van der Waals surface area contributed by atoms with Crippen molar-refractivity contribution in [2.45, 2.75) is 57.0 Å². The minimum absolute atomic E-state index is 0.242. The van der Waals surface area contributed by atoms with Crippen LogP contribution in [0.25, 0.3) is 0 Å². The molecule has 1 aliphatic carbocycles. The average Bonchev–Trinajstić information content (AvgIpc) is 2.22. The van der Waals surface area contributed by atoms with Gasteiger partial charge >= 0.3 is 0 Å². The largest absolute Gasteiger partial charge is 0.310 e. The van der Waals surface area contributed by atoms with Gasteiger partial charge in [-0.3, -0.25) is 0 Å². The van der Waals surface area contributed by atoms with E-state index < -0.39 is 0 Å². The highest BCUT2D eigenvalue weighted by atomic mass is 35.5.